The Hall–Kier alpha value is -1.60. The Bertz CT molecular complexity index is 484. The van der Waals surface area contributed by atoms with Gasteiger partial charge in [0.05, 0.1) is 13.7 Å². The van der Waals surface area contributed by atoms with Crippen LogP contribution in [0.1, 0.15) is 0 Å². The molecule has 0 unspecified atom stereocenters. The number of hydrogen-bond donors (Lipinski definition) is 2. The van der Waals surface area contributed by atoms with Gasteiger partial charge in [0.15, 0.2) is 0 Å². The van der Waals surface area contributed by atoms with E-state index in [0.29, 0.717) is 0 Å². The summed E-state index contributed by atoms with van der Waals surface area (Å²) in [5.41, 5.74) is 4.85. The third-order valence-electron chi connectivity index (χ3n) is 1.80. The van der Waals surface area contributed by atoms with Crippen molar-refractivity contribution >= 4 is 15.9 Å². The first kappa shape index (κ1) is 12.5. The van der Waals surface area contributed by atoms with Crippen molar-refractivity contribution in [3.05, 3.63) is 24.3 Å². The number of primary amides is 1. The van der Waals surface area contributed by atoms with Crippen molar-refractivity contribution in [2.24, 2.45) is 5.73 Å². The highest BCUT2D eigenvalue weighted by Crippen LogP contribution is 2.22. The van der Waals surface area contributed by atoms with Crippen molar-refractivity contribution in [1.82, 2.24) is 4.72 Å². The maximum Gasteiger partial charge on any atom is 0.244 e. The number of rotatable bonds is 5. The number of hydrogen-bond acceptors (Lipinski definition) is 4. The number of para-hydroxylation sites is 1. The van der Waals surface area contributed by atoms with Gasteiger partial charge in [-0.15, -0.1) is 0 Å². The fourth-order valence-corrected chi connectivity index (χ4v) is 2.25. The van der Waals surface area contributed by atoms with Crippen LogP contribution in [0.5, 0.6) is 5.75 Å². The molecule has 3 N–H and O–H groups in total. The Balaban J connectivity index is 3.02. The number of carbonyl (C=O) groups is 1. The van der Waals surface area contributed by atoms with E-state index in [4.69, 9.17) is 10.5 Å². The monoisotopic (exact) mass is 244 g/mol. The first-order chi connectivity index (χ1) is 7.47. The van der Waals surface area contributed by atoms with E-state index in [-0.39, 0.29) is 10.6 Å². The lowest BCUT2D eigenvalue weighted by Crippen LogP contribution is -2.33. The molecule has 16 heavy (non-hydrogen) atoms. The highest BCUT2D eigenvalue weighted by atomic mass is 32.2. The molecule has 0 aliphatic heterocycles. The Morgan fingerprint density at radius 2 is 2.06 bits per heavy atom. The molecule has 0 radical (unpaired) electrons. The van der Waals surface area contributed by atoms with Gasteiger partial charge in [-0.3, -0.25) is 4.79 Å². The van der Waals surface area contributed by atoms with Crippen molar-refractivity contribution in [3.63, 3.8) is 0 Å². The second-order valence-corrected chi connectivity index (χ2v) is 4.68. The summed E-state index contributed by atoms with van der Waals surface area (Å²) in [6.45, 7) is -0.444. The SMILES string of the molecule is COc1ccccc1S(=O)(=O)NCC(N)=O. The predicted molar refractivity (Wildman–Crippen MR) is 57.4 cm³/mol. The number of ether oxygens (including phenoxy) is 1. The van der Waals surface area contributed by atoms with Crippen LogP contribution in [-0.2, 0) is 14.8 Å². The van der Waals surface area contributed by atoms with Crippen LogP contribution in [0.2, 0.25) is 0 Å². The molecule has 1 rings (SSSR count). The highest BCUT2D eigenvalue weighted by molar-refractivity contribution is 7.89. The van der Waals surface area contributed by atoms with Crippen molar-refractivity contribution in [2.45, 2.75) is 4.90 Å². The Morgan fingerprint density at radius 1 is 1.44 bits per heavy atom. The maximum atomic E-state index is 11.7. The van der Waals surface area contributed by atoms with Crippen LogP contribution < -0.4 is 15.2 Å². The van der Waals surface area contributed by atoms with Gasteiger partial charge in [0.25, 0.3) is 0 Å². The molecule has 0 saturated heterocycles. The van der Waals surface area contributed by atoms with Crippen molar-refractivity contribution < 1.29 is 17.9 Å². The third-order valence-corrected chi connectivity index (χ3v) is 3.24. The number of benzene rings is 1. The van der Waals surface area contributed by atoms with Crippen LogP contribution in [-0.4, -0.2) is 28.0 Å². The van der Waals surface area contributed by atoms with Crippen LogP contribution in [0.3, 0.4) is 0 Å². The number of sulfonamides is 1. The first-order valence-electron chi connectivity index (χ1n) is 4.38. The zero-order valence-electron chi connectivity index (χ0n) is 8.64. The molecule has 6 nitrogen and oxygen atoms in total. The summed E-state index contributed by atoms with van der Waals surface area (Å²) in [4.78, 5) is 10.5. The molecule has 0 aliphatic carbocycles. The van der Waals surface area contributed by atoms with E-state index in [2.05, 4.69) is 4.72 Å². The zero-order chi connectivity index (χ0) is 12.2. The second-order valence-electron chi connectivity index (χ2n) is 2.94. The van der Waals surface area contributed by atoms with Gasteiger partial charge in [0.1, 0.15) is 10.6 Å². The Morgan fingerprint density at radius 3 is 2.62 bits per heavy atom. The van der Waals surface area contributed by atoms with Gasteiger partial charge in [-0.2, -0.15) is 0 Å². The minimum Gasteiger partial charge on any atom is -0.495 e. The minimum atomic E-state index is -3.77. The average molecular weight is 244 g/mol. The van der Waals surface area contributed by atoms with Gasteiger partial charge in [-0.1, -0.05) is 12.1 Å². The van der Waals surface area contributed by atoms with E-state index < -0.39 is 22.5 Å². The topological polar surface area (TPSA) is 98.5 Å². The van der Waals surface area contributed by atoms with Gasteiger partial charge in [0, 0.05) is 0 Å². The lowest BCUT2D eigenvalue weighted by atomic mass is 10.3. The molecule has 88 valence electrons. The van der Waals surface area contributed by atoms with Crippen LogP contribution in [0.15, 0.2) is 29.2 Å². The van der Waals surface area contributed by atoms with Crippen LogP contribution >= 0.6 is 0 Å². The standard InChI is InChI=1S/C9H12N2O4S/c1-15-7-4-2-3-5-8(7)16(13,14)11-6-9(10)12/h2-5,11H,6H2,1H3,(H2,10,12). The summed E-state index contributed by atoms with van der Waals surface area (Å²) in [6.07, 6.45) is 0. The Labute approximate surface area is 93.5 Å². The molecule has 0 heterocycles. The fraction of sp³-hybridized carbons (Fsp3) is 0.222. The van der Waals surface area contributed by atoms with Crippen LogP contribution in [0, 0.1) is 0 Å². The summed E-state index contributed by atoms with van der Waals surface area (Å²) < 4.78 is 30.4. The number of amides is 1. The summed E-state index contributed by atoms with van der Waals surface area (Å²) in [7, 11) is -2.41. The van der Waals surface area contributed by atoms with Crippen molar-refractivity contribution in [1.29, 1.82) is 0 Å². The minimum absolute atomic E-state index is 0.0289. The maximum absolute atomic E-state index is 11.7. The number of nitrogens with one attached hydrogen (secondary N) is 1. The van der Waals surface area contributed by atoms with Gasteiger partial charge >= 0.3 is 0 Å². The van der Waals surface area contributed by atoms with E-state index in [1.54, 1.807) is 12.1 Å². The molecule has 0 saturated carbocycles. The molecule has 0 aromatic heterocycles. The fourth-order valence-electron chi connectivity index (χ4n) is 1.08. The van der Waals surface area contributed by atoms with E-state index in [0.717, 1.165) is 0 Å². The van der Waals surface area contributed by atoms with E-state index in [1.165, 1.54) is 19.2 Å². The molecular formula is C9H12N2O4S. The predicted octanol–water partition coefficient (Wildman–Crippen LogP) is -0.541. The van der Waals surface area contributed by atoms with E-state index in [9.17, 15) is 13.2 Å². The zero-order valence-corrected chi connectivity index (χ0v) is 9.45. The third kappa shape index (κ3) is 2.94. The van der Waals surface area contributed by atoms with Crippen LogP contribution in [0.25, 0.3) is 0 Å². The number of methoxy groups -OCH3 is 1. The largest absolute Gasteiger partial charge is 0.495 e. The summed E-state index contributed by atoms with van der Waals surface area (Å²) in [5, 5.41) is 0. The van der Waals surface area contributed by atoms with Gasteiger partial charge in [-0.25, -0.2) is 13.1 Å². The molecule has 0 atom stereocenters. The molecule has 7 heteroatoms. The lowest BCUT2D eigenvalue weighted by Gasteiger charge is -2.09. The quantitative estimate of drug-likeness (QED) is 0.726. The first-order valence-corrected chi connectivity index (χ1v) is 5.86. The molecule has 0 aliphatic rings. The van der Waals surface area contributed by atoms with Crippen molar-refractivity contribution in [3.8, 4) is 5.75 Å². The molecular weight excluding hydrogens is 232 g/mol. The highest BCUT2D eigenvalue weighted by Gasteiger charge is 2.18. The average Bonchev–Trinajstić information content (AvgIpc) is 2.26. The van der Waals surface area contributed by atoms with Gasteiger partial charge in [-0.05, 0) is 12.1 Å². The van der Waals surface area contributed by atoms with E-state index >= 15 is 0 Å². The van der Waals surface area contributed by atoms with Crippen LogP contribution in [0.4, 0.5) is 0 Å². The number of carbonyl (C=O) groups excluding carboxylic acids is 1. The van der Waals surface area contributed by atoms with E-state index in [1.807, 2.05) is 0 Å². The van der Waals surface area contributed by atoms with Gasteiger partial charge in [0.2, 0.25) is 15.9 Å². The Kier molecular flexibility index (Phi) is 3.86. The lowest BCUT2D eigenvalue weighted by molar-refractivity contribution is -0.116. The molecule has 0 spiro atoms. The summed E-state index contributed by atoms with van der Waals surface area (Å²) >= 11 is 0. The molecule has 1 aromatic carbocycles. The molecule has 1 aromatic rings. The summed E-state index contributed by atoms with van der Waals surface area (Å²) in [6, 6.07) is 6.09. The smallest absolute Gasteiger partial charge is 0.244 e. The summed E-state index contributed by atoms with van der Waals surface area (Å²) in [5.74, 6) is -0.544. The van der Waals surface area contributed by atoms with Crippen molar-refractivity contribution in [2.75, 3.05) is 13.7 Å². The number of nitrogens with two attached hydrogens (primary N) is 1. The van der Waals surface area contributed by atoms with Gasteiger partial charge < -0.3 is 10.5 Å². The molecule has 1 amide bonds. The second kappa shape index (κ2) is 4.95. The molecule has 0 fully saturated rings. The molecule has 0 bridgehead atoms. The normalized spacial score (nSPS) is 11.1.